The van der Waals surface area contributed by atoms with Gasteiger partial charge in [-0.3, -0.25) is 9.79 Å². The highest BCUT2D eigenvalue weighted by atomic mass is 127. The zero-order valence-electron chi connectivity index (χ0n) is 13.7. The van der Waals surface area contributed by atoms with Crippen molar-refractivity contribution in [1.29, 1.82) is 0 Å². The Balaban J connectivity index is 0.00000312. The van der Waals surface area contributed by atoms with E-state index >= 15 is 0 Å². The van der Waals surface area contributed by atoms with E-state index in [4.69, 9.17) is 10.5 Å². The molecule has 0 atom stereocenters. The molecule has 25 heavy (non-hydrogen) atoms. The summed E-state index contributed by atoms with van der Waals surface area (Å²) in [6.45, 7) is 0.618. The molecule has 0 unspecified atom stereocenters. The molecule has 0 saturated heterocycles. The Morgan fingerprint density at radius 1 is 1.20 bits per heavy atom. The zero-order valence-corrected chi connectivity index (χ0v) is 16.1. The van der Waals surface area contributed by atoms with Gasteiger partial charge >= 0.3 is 0 Å². The zero-order chi connectivity index (χ0) is 17.4. The number of phenols is 1. The van der Waals surface area contributed by atoms with Gasteiger partial charge in [-0.05, 0) is 36.4 Å². The van der Waals surface area contributed by atoms with E-state index in [1.807, 2.05) is 24.3 Å². The number of anilines is 1. The highest BCUT2D eigenvalue weighted by molar-refractivity contribution is 14.0. The van der Waals surface area contributed by atoms with E-state index in [1.165, 1.54) is 6.07 Å². The molecule has 0 heterocycles. The topological polar surface area (TPSA) is 109 Å². The summed E-state index contributed by atoms with van der Waals surface area (Å²) in [6, 6.07) is 13.6. The molecular formula is C17H21IN4O3. The van der Waals surface area contributed by atoms with Crippen LogP contribution in [0.15, 0.2) is 53.5 Å². The van der Waals surface area contributed by atoms with E-state index in [-0.39, 0.29) is 47.2 Å². The van der Waals surface area contributed by atoms with Crippen molar-refractivity contribution in [1.82, 2.24) is 5.32 Å². The number of ether oxygens (including phenoxy) is 1. The molecule has 0 aliphatic heterocycles. The minimum atomic E-state index is -0.356. The number of guanidine groups is 1. The van der Waals surface area contributed by atoms with Crippen LogP contribution in [0.4, 0.5) is 5.69 Å². The molecule has 8 heteroatoms. The van der Waals surface area contributed by atoms with Gasteiger partial charge in [0.2, 0.25) is 0 Å². The van der Waals surface area contributed by atoms with E-state index in [0.717, 1.165) is 11.4 Å². The van der Waals surface area contributed by atoms with Crippen LogP contribution in [0.1, 0.15) is 10.4 Å². The number of nitrogens with zero attached hydrogens (tertiary/aromatic N) is 1. The van der Waals surface area contributed by atoms with E-state index in [2.05, 4.69) is 15.6 Å². The second kappa shape index (κ2) is 10.4. The lowest BCUT2D eigenvalue weighted by atomic mass is 10.2. The molecule has 2 rings (SSSR count). The largest absolute Gasteiger partial charge is 0.507 e. The SMILES string of the molecule is COc1ccc(NC(N)=NCCNC(=O)c2ccccc2O)cc1.I. The van der Waals surface area contributed by atoms with Gasteiger partial charge in [-0.1, -0.05) is 12.1 Å². The van der Waals surface area contributed by atoms with Gasteiger partial charge in [0.25, 0.3) is 5.91 Å². The van der Waals surface area contributed by atoms with E-state index in [1.54, 1.807) is 25.3 Å². The number of halogens is 1. The molecule has 0 aliphatic carbocycles. The highest BCUT2D eigenvalue weighted by Crippen LogP contribution is 2.15. The maximum Gasteiger partial charge on any atom is 0.255 e. The van der Waals surface area contributed by atoms with Crippen LogP contribution in [0.5, 0.6) is 11.5 Å². The summed E-state index contributed by atoms with van der Waals surface area (Å²) in [5.41, 5.74) is 6.80. The molecule has 0 aromatic heterocycles. The molecule has 0 saturated carbocycles. The first-order valence-electron chi connectivity index (χ1n) is 7.37. The second-order valence-electron chi connectivity index (χ2n) is 4.89. The Hall–Kier alpha value is -2.49. The third kappa shape index (κ3) is 6.49. The molecular weight excluding hydrogens is 435 g/mol. The van der Waals surface area contributed by atoms with Gasteiger partial charge in [0.15, 0.2) is 5.96 Å². The summed E-state index contributed by atoms with van der Waals surface area (Å²) in [5, 5.41) is 15.2. The number of nitrogens with two attached hydrogens (primary N) is 1. The van der Waals surface area contributed by atoms with Crippen molar-refractivity contribution in [2.45, 2.75) is 0 Å². The number of amides is 1. The molecule has 0 aliphatic rings. The number of para-hydroxylation sites is 1. The predicted octanol–water partition coefficient (Wildman–Crippen LogP) is 2.18. The summed E-state index contributed by atoms with van der Waals surface area (Å²) in [7, 11) is 1.60. The van der Waals surface area contributed by atoms with Crippen molar-refractivity contribution >= 4 is 41.5 Å². The van der Waals surface area contributed by atoms with Crippen molar-refractivity contribution in [3.8, 4) is 11.5 Å². The molecule has 2 aromatic carbocycles. The standard InChI is InChI=1S/C17H20N4O3.HI/c1-24-13-8-6-12(7-9-13)21-17(18)20-11-10-19-16(23)14-4-2-3-5-15(14)22;/h2-9,22H,10-11H2,1H3,(H,19,23)(H3,18,20,21);1H. The third-order valence-corrected chi connectivity index (χ3v) is 3.19. The van der Waals surface area contributed by atoms with Crippen LogP contribution in [-0.2, 0) is 0 Å². The number of carbonyl (C=O) groups excluding carboxylic acids is 1. The summed E-state index contributed by atoms with van der Waals surface area (Å²) in [4.78, 5) is 16.0. The maximum atomic E-state index is 11.9. The number of nitrogens with one attached hydrogen (secondary N) is 2. The Morgan fingerprint density at radius 3 is 2.52 bits per heavy atom. The van der Waals surface area contributed by atoms with Crippen LogP contribution in [0, 0.1) is 0 Å². The average molecular weight is 456 g/mol. The first-order valence-corrected chi connectivity index (χ1v) is 7.37. The maximum absolute atomic E-state index is 11.9. The third-order valence-electron chi connectivity index (χ3n) is 3.19. The number of hydrogen-bond acceptors (Lipinski definition) is 4. The number of methoxy groups -OCH3 is 1. The Bertz CT molecular complexity index is 720. The first-order chi connectivity index (χ1) is 11.6. The lowest BCUT2D eigenvalue weighted by Gasteiger charge is -2.07. The fraction of sp³-hybridized carbons (Fsp3) is 0.176. The molecule has 5 N–H and O–H groups in total. The fourth-order valence-corrected chi connectivity index (χ4v) is 1.97. The van der Waals surface area contributed by atoms with E-state index < -0.39 is 0 Å². The number of phenolic OH excluding ortho intramolecular Hbond substituents is 1. The fourth-order valence-electron chi connectivity index (χ4n) is 1.97. The van der Waals surface area contributed by atoms with Crippen molar-refractivity contribution < 1.29 is 14.6 Å². The predicted molar refractivity (Wildman–Crippen MR) is 109 cm³/mol. The van der Waals surface area contributed by atoms with Crippen molar-refractivity contribution in [2.24, 2.45) is 10.7 Å². The first kappa shape index (κ1) is 20.6. The minimum Gasteiger partial charge on any atom is -0.507 e. The summed E-state index contributed by atoms with van der Waals surface area (Å²) < 4.78 is 5.07. The molecule has 7 nitrogen and oxygen atoms in total. The monoisotopic (exact) mass is 456 g/mol. The summed E-state index contributed by atoms with van der Waals surface area (Å²) in [5.74, 6) is 0.587. The van der Waals surface area contributed by atoms with E-state index in [0.29, 0.717) is 13.1 Å². The Labute approximate surface area is 163 Å². The van der Waals surface area contributed by atoms with Gasteiger partial charge in [0.1, 0.15) is 11.5 Å². The Kier molecular flexibility index (Phi) is 8.54. The van der Waals surface area contributed by atoms with Gasteiger partial charge in [-0.15, -0.1) is 24.0 Å². The van der Waals surface area contributed by atoms with Gasteiger partial charge in [0, 0.05) is 12.2 Å². The summed E-state index contributed by atoms with van der Waals surface area (Å²) >= 11 is 0. The van der Waals surface area contributed by atoms with E-state index in [9.17, 15) is 9.90 Å². The lowest BCUT2D eigenvalue weighted by molar-refractivity contribution is 0.0952. The van der Waals surface area contributed by atoms with Crippen LogP contribution in [-0.4, -0.2) is 37.2 Å². The number of rotatable bonds is 6. The number of hydrogen-bond donors (Lipinski definition) is 4. The lowest BCUT2D eigenvalue weighted by Crippen LogP contribution is -2.28. The molecule has 0 spiro atoms. The quantitative estimate of drug-likeness (QED) is 0.231. The molecule has 0 radical (unpaired) electrons. The molecule has 2 aromatic rings. The normalized spacial score (nSPS) is 10.5. The van der Waals surface area contributed by atoms with Crippen molar-refractivity contribution in [3.63, 3.8) is 0 Å². The Morgan fingerprint density at radius 2 is 1.88 bits per heavy atom. The molecule has 1 amide bonds. The number of aromatic hydroxyl groups is 1. The molecule has 134 valence electrons. The summed E-state index contributed by atoms with van der Waals surface area (Å²) in [6.07, 6.45) is 0. The van der Waals surface area contributed by atoms with Crippen LogP contribution < -0.4 is 21.1 Å². The smallest absolute Gasteiger partial charge is 0.255 e. The van der Waals surface area contributed by atoms with Crippen LogP contribution >= 0.6 is 24.0 Å². The highest BCUT2D eigenvalue weighted by Gasteiger charge is 2.08. The van der Waals surface area contributed by atoms with Crippen LogP contribution in [0.2, 0.25) is 0 Å². The van der Waals surface area contributed by atoms with Gasteiger partial charge in [0.05, 0.1) is 19.2 Å². The average Bonchev–Trinajstić information content (AvgIpc) is 2.59. The molecule has 0 bridgehead atoms. The van der Waals surface area contributed by atoms with Gasteiger partial charge in [-0.2, -0.15) is 0 Å². The van der Waals surface area contributed by atoms with Crippen molar-refractivity contribution in [2.75, 3.05) is 25.5 Å². The van der Waals surface area contributed by atoms with Crippen LogP contribution in [0.3, 0.4) is 0 Å². The number of aliphatic imine (C=N–C) groups is 1. The minimum absolute atomic E-state index is 0. The second-order valence-corrected chi connectivity index (χ2v) is 4.89. The van der Waals surface area contributed by atoms with Crippen LogP contribution in [0.25, 0.3) is 0 Å². The van der Waals surface area contributed by atoms with Crippen molar-refractivity contribution in [3.05, 3.63) is 54.1 Å². The number of carbonyl (C=O) groups is 1. The number of benzene rings is 2. The van der Waals surface area contributed by atoms with Gasteiger partial charge in [-0.25, -0.2) is 0 Å². The van der Waals surface area contributed by atoms with Gasteiger partial charge < -0.3 is 26.2 Å². The molecule has 0 fully saturated rings.